The first-order chi connectivity index (χ1) is 16.5. The number of aromatic nitrogens is 1. The first kappa shape index (κ1) is 24.2. The average molecular weight is 499 g/mol. The predicted molar refractivity (Wildman–Crippen MR) is 134 cm³/mol. The smallest absolute Gasteiger partial charge is 0.251 e. The standard InChI is InChI=1S/C25H27ClN4O3S/c1-33-22-8-4-19(5-9-22)25-28-21(17-34-25)16-29-12-14-30(15-13-29)23(31)10-11-27-24(32)18-2-6-20(26)7-3-18/h2-9,17H,10-16H2,1H3,(H,27,32). The van der Waals surface area contributed by atoms with Crippen LogP contribution in [0.25, 0.3) is 10.6 Å². The van der Waals surface area contributed by atoms with Gasteiger partial charge in [-0.3, -0.25) is 14.5 Å². The van der Waals surface area contributed by atoms with Gasteiger partial charge in [0.1, 0.15) is 10.8 Å². The molecule has 1 aliphatic heterocycles. The summed E-state index contributed by atoms with van der Waals surface area (Å²) in [4.78, 5) is 33.7. The van der Waals surface area contributed by atoms with Crippen LogP contribution < -0.4 is 10.1 Å². The van der Waals surface area contributed by atoms with Crippen molar-refractivity contribution in [1.29, 1.82) is 0 Å². The molecular formula is C25H27ClN4O3S. The van der Waals surface area contributed by atoms with Crippen LogP contribution in [0.4, 0.5) is 0 Å². The number of nitrogens with zero attached hydrogens (tertiary/aromatic N) is 3. The summed E-state index contributed by atoms with van der Waals surface area (Å²) in [6, 6.07) is 14.6. The number of carbonyl (C=O) groups is 2. The maximum Gasteiger partial charge on any atom is 0.251 e. The van der Waals surface area contributed by atoms with Crippen molar-refractivity contribution in [3.8, 4) is 16.3 Å². The third-order valence-electron chi connectivity index (χ3n) is 5.73. The molecule has 1 aromatic heterocycles. The van der Waals surface area contributed by atoms with Crippen molar-refractivity contribution in [2.24, 2.45) is 0 Å². The number of carbonyl (C=O) groups excluding carboxylic acids is 2. The molecule has 0 saturated carbocycles. The summed E-state index contributed by atoms with van der Waals surface area (Å²) in [6.45, 7) is 4.05. The molecule has 4 rings (SSSR count). The Morgan fingerprint density at radius 2 is 1.76 bits per heavy atom. The minimum Gasteiger partial charge on any atom is -0.497 e. The molecule has 178 valence electrons. The van der Waals surface area contributed by atoms with Crippen molar-refractivity contribution in [3.05, 3.63) is 70.2 Å². The number of nitrogens with one attached hydrogen (secondary N) is 1. The van der Waals surface area contributed by atoms with E-state index in [0.717, 1.165) is 41.6 Å². The molecule has 0 aliphatic carbocycles. The molecular weight excluding hydrogens is 472 g/mol. The predicted octanol–water partition coefficient (Wildman–Crippen LogP) is 3.94. The van der Waals surface area contributed by atoms with Gasteiger partial charge in [-0.2, -0.15) is 0 Å². The van der Waals surface area contributed by atoms with Crippen molar-refractivity contribution in [1.82, 2.24) is 20.1 Å². The number of halogens is 1. The summed E-state index contributed by atoms with van der Waals surface area (Å²) >= 11 is 7.48. The lowest BCUT2D eigenvalue weighted by Gasteiger charge is -2.34. The number of amides is 2. The van der Waals surface area contributed by atoms with E-state index in [2.05, 4.69) is 15.6 Å². The highest BCUT2D eigenvalue weighted by Crippen LogP contribution is 2.26. The number of hydrogen-bond acceptors (Lipinski definition) is 6. The fourth-order valence-corrected chi connectivity index (χ4v) is 4.72. The van der Waals surface area contributed by atoms with E-state index in [1.165, 1.54) is 0 Å². The molecule has 0 spiro atoms. The van der Waals surface area contributed by atoms with Gasteiger partial charge >= 0.3 is 0 Å². The number of hydrogen-bond donors (Lipinski definition) is 1. The van der Waals surface area contributed by atoms with Crippen LogP contribution in [0.3, 0.4) is 0 Å². The Balaban J connectivity index is 1.19. The fraction of sp³-hybridized carbons (Fsp3) is 0.320. The minimum absolute atomic E-state index is 0.0616. The van der Waals surface area contributed by atoms with Gasteiger partial charge in [0.2, 0.25) is 5.91 Å². The van der Waals surface area contributed by atoms with Crippen LogP contribution in [-0.2, 0) is 11.3 Å². The third kappa shape index (κ3) is 6.34. The van der Waals surface area contributed by atoms with E-state index in [9.17, 15) is 9.59 Å². The van der Waals surface area contributed by atoms with Crippen molar-refractivity contribution in [2.45, 2.75) is 13.0 Å². The summed E-state index contributed by atoms with van der Waals surface area (Å²) < 4.78 is 5.22. The van der Waals surface area contributed by atoms with Gasteiger partial charge in [-0.05, 0) is 48.5 Å². The highest BCUT2D eigenvalue weighted by Gasteiger charge is 2.21. The Kier molecular flexibility index (Phi) is 8.16. The molecule has 34 heavy (non-hydrogen) atoms. The van der Waals surface area contributed by atoms with Gasteiger partial charge < -0.3 is 15.0 Å². The summed E-state index contributed by atoms with van der Waals surface area (Å²) in [5.41, 5.74) is 2.65. The van der Waals surface area contributed by atoms with Crippen LogP contribution >= 0.6 is 22.9 Å². The van der Waals surface area contributed by atoms with E-state index >= 15 is 0 Å². The molecule has 2 heterocycles. The van der Waals surface area contributed by atoms with Crippen LogP contribution in [0.1, 0.15) is 22.5 Å². The molecule has 7 nitrogen and oxygen atoms in total. The lowest BCUT2D eigenvalue weighted by atomic mass is 10.2. The van der Waals surface area contributed by atoms with Crippen LogP contribution in [0, 0.1) is 0 Å². The van der Waals surface area contributed by atoms with E-state index in [-0.39, 0.29) is 18.2 Å². The molecule has 2 aromatic carbocycles. The molecule has 0 unspecified atom stereocenters. The number of benzene rings is 2. The second-order valence-electron chi connectivity index (χ2n) is 8.04. The highest BCUT2D eigenvalue weighted by atomic mass is 35.5. The van der Waals surface area contributed by atoms with Gasteiger partial charge in [0.05, 0.1) is 12.8 Å². The molecule has 3 aromatic rings. The SMILES string of the molecule is COc1ccc(-c2nc(CN3CCN(C(=O)CCNC(=O)c4ccc(Cl)cc4)CC3)cs2)cc1. The van der Waals surface area contributed by atoms with E-state index in [1.807, 2.05) is 29.2 Å². The molecule has 1 saturated heterocycles. The van der Waals surface area contributed by atoms with Gasteiger partial charge in [0.15, 0.2) is 0 Å². The largest absolute Gasteiger partial charge is 0.497 e. The number of piperazine rings is 1. The summed E-state index contributed by atoms with van der Waals surface area (Å²) in [6.07, 6.45) is 0.288. The van der Waals surface area contributed by atoms with Crippen molar-refractivity contribution >= 4 is 34.8 Å². The van der Waals surface area contributed by atoms with Crippen molar-refractivity contribution in [3.63, 3.8) is 0 Å². The van der Waals surface area contributed by atoms with Crippen LogP contribution in [0.5, 0.6) is 5.75 Å². The molecule has 2 amide bonds. The van der Waals surface area contributed by atoms with Crippen LogP contribution in [0.15, 0.2) is 53.9 Å². The van der Waals surface area contributed by atoms with Crippen LogP contribution in [0.2, 0.25) is 5.02 Å². The lowest BCUT2D eigenvalue weighted by molar-refractivity contribution is -0.132. The summed E-state index contributed by atoms with van der Waals surface area (Å²) in [5.74, 6) is 0.690. The second-order valence-corrected chi connectivity index (χ2v) is 9.34. The lowest BCUT2D eigenvalue weighted by Crippen LogP contribution is -2.48. The van der Waals surface area contributed by atoms with Gasteiger partial charge in [-0.25, -0.2) is 4.98 Å². The first-order valence-electron chi connectivity index (χ1n) is 11.1. The highest BCUT2D eigenvalue weighted by molar-refractivity contribution is 7.13. The van der Waals surface area contributed by atoms with Crippen molar-refractivity contribution in [2.75, 3.05) is 39.8 Å². The zero-order chi connectivity index (χ0) is 23.9. The Labute approximate surface area is 208 Å². The Hall–Kier alpha value is -2.94. The van der Waals surface area contributed by atoms with E-state index in [1.54, 1.807) is 42.7 Å². The normalized spacial score (nSPS) is 14.1. The Bertz CT molecular complexity index is 1110. The van der Waals surface area contributed by atoms with E-state index < -0.39 is 0 Å². The Morgan fingerprint density at radius 3 is 2.44 bits per heavy atom. The van der Waals surface area contributed by atoms with E-state index in [4.69, 9.17) is 21.3 Å². The maximum absolute atomic E-state index is 12.6. The number of methoxy groups -OCH3 is 1. The average Bonchev–Trinajstić information content (AvgIpc) is 3.33. The fourth-order valence-electron chi connectivity index (χ4n) is 3.77. The number of rotatable bonds is 8. The van der Waals surface area contributed by atoms with Crippen molar-refractivity contribution < 1.29 is 14.3 Å². The zero-order valence-electron chi connectivity index (χ0n) is 19.0. The first-order valence-corrected chi connectivity index (χ1v) is 12.4. The second kappa shape index (κ2) is 11.5. The van der Waals surface area contributed by atoms with Gasteiger partial charge in [0.25, 0.3) is 5.91 Å². The summed E-state index contributed by atoms with van der Waals surface area (Å²) in [7, 11) is 1.66. The third-order valence-corrected chi connectivity index (χ3v) is 6.92. The molecule has 1 aliphatic rings. The van der Waals surface area contributed by atoms with Gasteiger partial charge in [0, 0.05) is 67.2 Å². The van der Waals surface area contributed by atoms with E-state index in [0.29, 0.717) is 30.2 Å². The van der Waals surface area contributed by atoms with Gasteiger partial charge in [-0.15, -0.1) is 11.3 Å². The quantitative estimate of drug-likeness (QED) is 0.509. The number of thiazole rings is 1. The molecule has 1 N–H and O–H groups in total. The molecule has 9 heteroatoms. The molecule has 1 fully saturated rings. The summed E-state index contributed by atoms with van der Waals surface area (Å²) in [5, 5.41) is 6.47. The molecule has 0 radical (unpaired) electrons. The zero-order valence-corrected chi connectivity index (χ0v) is 20.6. The maximum atomic E-state index is 12.6. The topological polar surface area (TPSA) is 74.8 Å². The monoisotopic (exact) mass is 498 g/mol. The molecule has 0 atom stereocenters. The van der Waals surface area contributed by atoms with Gasteiger partial charge in [-0.1, -0.05) is 11.6 Å². The minimum atomic E-state index is -0.202. The molecule has 0 bridgehead atoms. The van der Waals surface area contributed by atoms with Crippen LogP contribution in [-0.4, -0.2) is 66.4 Å². The Morgan fingerprint density at radius 1 is 1.06 bits per heavy atom. The number of ether oxygens (including phenoxy) is 1.